The number of ether oxygens (including phenoxy) is 1. The number of rotatable bonds is 3. The van der Waals surface area contributed by atoms with Gasteiger partial charge < -0.3 is 4.74 Å². The van der Waals surface area contributed by atoms with Crippen molar-refractivity contribution in [3.05, 3.63) is 42.0 Å². The van der Waals surface area contributed by atoms with E-state index in [1.165, 1.54) is 31.5 Å². The summed E-state index contributed by atoms with van der Waals surface area (Å²) in [4.78, 5) is 4.09. The highest BCUT2D eigenvalue weighted by molar-refractivity contribution is 5.62. The van der Waals surface area contributed by atoms with E-state index in [0.29, 0.717) is 12.5 Å². The molecule has 3 rings (SSSR count). The molecule has 2 heterocycles. The zero-order valence-electron chi connectivity index (χ0n) is 13.0. The Kier molecular flexibility index (Phi) is 3.85. The van der Waals surface area contributed by atoms with Crippen molar-refractivity contribution in [3.8, 4) is 17.0 Å². The minimum absolute atomic E-state index is 0.133. The van der Waals surface area contributed by atoms with Crippen molar-refractivity contribution in [3.63, 3.8) is 0 Å². The number of alkyl halides is 5. The molecule has 5 nitrogen and oxygen atoms in total. The van der Waals surface area contributed by atoms with Gasteiger partial charge in [-0.05, 0) is 30.7 Å². The lowest BCUT2D eigenvalue weighted by molar-refractivity contribution is -0.274. The summed E-state index contributed by atoms with van der Waals surface area (Å²) >= 11 is 0. The molecular weight excluding hydrogens is 347 g/mol. The standard InChI is InChI=1S/C15H11F5N4O/c1-8-5-9(3-4-11(8)25-15(18,19)20)10-7-24-12(6-21-10)22-23-13(24)14(2,16)17/h3-7H,1-2H3. The largest absolute Gasteiger partial charge is 0.573 e. The summed E-state index contributed by atoms with van der Waals surface area (Å²) in [5.41, 5.74) is 1.07. The number of hydrogen-bond acceptors (Lipinski definition) is 4. The van der Waals surface area contributed by atoms with E-state index in [-0.39, 0.29) is 22.7 Å². The molecule has 2 aromatic heterocycles. The lowest BCUT2D eigenvalue weighted by atomic mass is 10.1. The second kappa shape index (κ2) is 5.64. The summed E-state index contributed by atoms with van der Waals surface area (Å²) in [6, 6.07) is 3.92. The lowest BCUT2D eigenvalue weighted by Crippen LogP contribution is -2.17. The van der Waals surface area contributed by atoms with Gasteiger partial charge in [-0.15, -0.1) is 23.4 Å². The Balaban J connectivity index is 2.03. The van der Waals surface area contributed by atoms with E-state index < -0.39 is 18.1 Å². The molecule has 0 aliphatic carbocycles. The summed E-state index contributed by atoms with van der Waals surface area (Å²) in [5, 5.41) is 7.07. The highest BCUT2D eigenvalue weighted by Crippen LogP contribution is 2.30. The average Bonchev–Trinajstić information content (AvgIpc) is 2.91. The second-order valence-electron chi connectivity index (χ2n) is 5.44. The molecule has 0 aliphatic heterocycles. The Morgan fingerprint density at radius 1 is 1.08 bits per heavy atom. The first-order chi connectivity index (χ1) is 11.5. The van der Waals surface area contributed by atoms with Crippen LogP contribution in [0, 0.1) is 6.92 Å². The van der Waals surface area contributed by atoms with Gasteiger partial charge >= 0.3 is 12.3 Å². The molecular formula is C15H11F5N4O. The van der Waals surface area contributed by atoms with Crippen molar-refractivity contribution in [2.24, 2.45) is 0 Å². The Hall–Kier alpha value is -2.78. The molecule has 10 heteroatoms. The monoisotopic (exact) mass is 358 g/mol. The van der Waals surface area contributed by atoms with Crippen LogP contribution in [0.3, 0.4) is 0 Å². The number of nitrogens with zero attached hydrogens (tertiary/aromatic N) is 4. The van der Waals surface area contributed by atoms with Gasteiger partial charge in [0.05, 0.1) is 11.9 Å². The van der Waals surface area contributed by atoms with Crippen molar-refractivity contribution in [2.45, 2.75) is 26.1 Å². The number of fused-ring (bicyclic) bond motifs is 1. The van der Waals surface area contributed by atoms with E-state index in [4.69, 9.17) is 0 Å². The van der Waals surface area contributed by atoms with Gasteiger partial charge in [0, 0.05) is 18.7 Å². The number of halogens is 5. The van der Waals surface area contributed by atoms with Crippen LogP contribution < -0.4 is 4.74 Å². The third-order valence-corrected chi connectivity index (χ3v) is 3.38. The van der Waals surface area contributed by atoms with Crippen molar-refractivity contribution >= 4 is 5.65 Å². The molecule has 0 unspecified atom stereocenters. The smallest absolute Gasteiger partial charge is 0.406 e. The maximum absolute atomic E-state index is 13.6. The van der Waals surface area contributed by atoms with Gasteiger partial charge in [0.25, 0.3) is 0 Å². The van der Waals surface area contributed by atoms with Gasteiger partial charge in [0.2, 0.25) is 5.82 Å². The Morgan fingerprint density at radius 3 is 2.40 bits per heavy atom. The molecule has 0 spiro atoms. The molecule has 0 saturated carbocycles. The summed E-state index contributed by atoms with van der Waals surface area (Å²) < 4.78 is 69.1. The molecule has 3 aromatic rings. The predicted octanol–water partition coefficient (Wildman–Crippen LogP) is 4.11. The lowest BCUT2D eigenvalue weighted by Gasteiger charge is -2.12. The van der Waals surface area contributed by atoms with Crippen LogP contribution in [0.15, 0.2) is 30.6 Å². The molecule has 25 heavy (non-hydrogen) atoms. The van der Waals surface area contributed by atoms with Gasteiger partial charge in [0.1, 0.15) is 5.75 Å². The van der Waals surface area contributed by atoms with Gasteiger partial charge in [-0.25, -0.2) is 0 Å². The van der Waals surface area contributed by atoms with Crippen LogP contribution >= 0.6 is 0 Å². The first-order valence-electron chi connectivity index (χ1n) is 7.00. The van der Waals surface area contributed by atoms with Gasteiger partial charge in [-0.2, -0.15) is 8.78 Å². The SMILES string of the molecule is Cc1cc(-c2cn3c(C(C)(F)F)nnc3cn2)ccc1OC(F)(F)F. The summed E-state index contributed by atoms with van der Waals surface area (Å²) in [6.07, 6.45) is -2.23. The van der Waals surface area contributed by atoms with Crippen LogP contribution in [0.4, 0.5) is 22.0 Å². The van der Waals surface area contributed by atoms with Crippen molar-refractivity contribution in [1.82, 2.24) is 19.6 Å². The van der Waals surface area contributed by atoms with Crippen LogP contribution in [0.25, 0.3) is 16.9 Å². The minimum Gasteiger partial charge on any atom is -0.406 e. The number of benzene rings is 1. The van der Waals surface area contributed by atoms with Gasteiger partial charge in [0.15, 0.2) is 5.65 Å². The molecule has 0 bridgehead atoms. The van der Waals surface area contributed by atoms with Crippen LogP contribution in [0.1, 0.15) is 18.3 Å². The third-order valence-electron chi connectivity index (χ3n) is 3.38. The average molecular weight is 358 g/mol. The predicted molar refractivity (Wildman–Crippen MR) is 77.2 cm³/mol. The molecule has 0 radical (unpaired) electrons. The zero-order valence-corrected chi connectivity index (χ0v) is 13.0. The molecule has 0 amide bonds. The highest BCUT2D eigenvalue weighted by atomic mass is 19.4. The van der Waals surface area contributed by atoms with Gasteiger partial charge in [-0.1, -0.05) is 0 Å². The Bertz CT molecular complexity index is 930. The number of hydrogen-bond donors (Lipinski definition) is 0. The van der Waals surface area contributed by atoms with E-state index in [2.05, 4.69) is 19.9 Å². The van der Waals surface area contributed by atoms with Crippen LogP contribution in [-0.4, -0.2) is 25.9 Å². The van der Waals surface area contributed by atoms with Crippen LogP contribution in [-0.2, 0) is 5.92 Å². The Morgan fingerprint density at radius 2 is 1.80 bits per heavy atom. The second-order valence-corrected chi connectivity index (χ2v) is 5.44. The Labute approximate surface area is 138 Å². The fourth-order valence-electron chi connectivity index (χ4n) is 2.30. The van der Waals surface area contributed by atoms with E-state index in [0.717, 1.165) is 10.5 Å². The first-order valence-corrected chi connectivity index (χ1v) is 7.00. The molecule has 0 aliphatic rings. The zero-order chi connectivity index (χ0) is 18.4. The fourth-order valence-corrected chi connectivity index (χ4v) is 2.30. The number of aryl methyl sites for hydroxylation is 1. The molecule has 0 atom stereocenters. The topological polar surface area (TPSA) is 52.3 Å². The highest BCUT2D eigenvalue weighted by Gasteiger charge is 2.32. The molecule has 0 fully saturated rings. The minimum atomic E-state index is -4.80. The summed E-state index contributed by atoms with van der Waals surface area (Å²) in [5.74, 6) is -4.11. The van der Waals surface area contributed by atoms with Crippen molar-refractivity contribution in [1.29, 1.82) is 0 Å². The maximum Gasteiger partial charge on any atom is 0.573 e. The fraction of sp³-hybridized carbons (Fsp3) is 0.267. The van der Waals surface area contributed by atoms with Gasteiger partial charge in [-0.3, -0.25) is 9.38 Å². The first kappa shape index (κ1) is 17.1. The normalized spacial score (nSPS) is 12.6. The van der Waals surface area contributed by atoms with Crippen LogP contribution in [0.2, 0.25) is 0 Å². The van der Waals surface area contributed by atoms with E-state index in [1.807, 2.05) is 0 Å². The molecule has 0 N–H and O–H groups in total. The quantitative estimate of drug-likeness (QED) is 0.661. The van der Waals surface area contributed by atoms with Crippen molar-refractivity contribution < 1.29 is 26.7 Å². The van der Waals surface area contributed by atoms with Crippen molar-refractivity contribution in [2.75, 3.05) is 0 Å². The van der Waals surface area contributed by atoms with E-state index in [9.17, 15) is 22.0 Å². The molecule has 1 aromatic carbocycles. The summed E-state index contributed by atoms with van der Waals surface area (Å²) in [6.45, 7) is 2.13. The number of aromatic nitrogens is 4. The summed E-state index contributed by atoms with van der Waals surface area (Å²) in [7, 11) is 0. The molecule has 0 saturated heterocycles. The molecule has 132 valence electrons. The van der Waals surface area contributed by atoms with E-state index >= 15 is 0 Å². The van der Waals surface area contributed by atoms with Crippen LogP contribution in [0.5, 0.6) is 5.75 Å². The maximum atomic E-state index is 13.6. The third kappa shape index (κ3) is 3.52. The van der Waals surface area contributed by atoms with E-state index in [1.54, 1.807) is 0 Å².